The SMILES string of the molecule is Cc1cc(C)n(-c2ncc(C(=O)NCc3ccc(OC(F)(F)F)cc3)c(O)n2)n1. The molecule has 2 N–H and O–H groups in total. The number of amides is 1. The van der Waals surface area contributed by atoms with Gasteiger partial charge in [0.25, 0.3) is 11.9 Å². The number of aromatic hydroxyl groups is 1. The van der Waals surface area contributed by atoms with Gasteiger partial charge in [0.05, 0.1) is 5.69 Å². The molecule has 0 saturated carbocycles. The van der Waals surface area contributed by atoms with Gasteiger partial charge >= 0.3 is 6.36 Å². The Morgan fingerprint density at radius 1 is 1.24 bits per heavy atom. The molecule has 0 saturated heterocycles. The lowest BCUT2D eigenvalue weighted by atomic mass is 10.2. The van der Waals surface area contributed by atoms with Crippen molar-refractivity contribution in [2.45, 2.75) is 26.8 Å². The second kappa shape index (κ2) is 7.78. The molecule has 2 heterocycles. The summed E-state index contributed by atoms with van der Waals surface area (Å²) in [5.74, 6) is -1.41. The first-order valence-electron chi connectivity index (χ1n) is 8.35. The van der Waals surface area contributed by atoms with Crippen LogP contribution in [0, 0.1) is 13.8 Å². The van der Waals surface area contributed by atoms with E-state index in [1.54, 1.807) is 13.8 Å². The quantitative estimate of drug-likeness (QED) is 0.674. The second-order valence-corrected chi connectivity index (χ2v) is 6.12. The van der Waals surface area contributed by atoms with Gasteiger partial charge in [-0.25, -0.2) is 9.67 Å². The zero-order chi connectivity index (χ0) is 21.2. The Bertz CT molecular complexity index is 1030. The van der Waals surface area contributed by atoms with Gasteiger partial charge in [0, 0.05) is 18.4 Å². The number of nitrogens with zero attached hydrogens (tertiary/aromatic N) is 4. The van der Waals surface area contributed by atoms with Gasteiger partial charge in [0.15, 0.2) is 0 Å². The van der Waals surface area contributed by atoms with Crippen LogP contribution in [0.2, 0.25) is 0 Å². The summed E-state index contributed by atoms with van der Waals surface area (Å²) in [6.07, 6.45) is -3.60. The lowest BCUT2D eigenvalue weighted by Crippen LogP contribution is -2.23. The summed E-state index contributed by atoms with van der Waals surface area (Å²) in [4.78, 5) is 20.2. The van der Waals surface area contributed by atoms with Crippen LogP contribution in [-0.2, 0) is 6.54 Å². The summed E-state index contributed by atoms with van der Waals surface area (Å²) in [5, 5.41) is 16.8. The third-order valence-electron chi connectivity index (χ3n) is 3.81. The van der Waals surface area contributed by atoms with Gasteiger partial charge in [-0.1, -0.05) is 12.1 Å². The zero-order valence-electron chi connectivity index (χ0n) is 15.4. The number of aromatic nitrogens is 4. The van der Waals surface area contributed by atoms with Crippen LogP contribution in [0.5, 0.6) is 11.6 Å². The van der Waals surface area contributed by atoms with Crippen molar-refractivity contribution in [3.63, 3.8) is 0 Å². The largest absolute Gasteiger partial charge is 0.573 e. The van der Waals surface area contributed by atoms with Gasteiger partial charge in [0.2, 0.25) is 5.88 Å². The average molecular weight is 407 g/mol. The van der Waals surface area contributed by atoms with Crippen molar-refractivity contribution in [1.29, 1.82) is 0 Å². The van der Waals surface area contributed by atoms with Crippen molar-refractivity contribution >= 4 is 5.91 Å². The topological polar surface area (TPSA) is 102 Å². The van der Waals surface area contributed by atoms with Crippen LogP contribution < -0.4 is 10.1 Å². The van der Waals surface area contributed by atoms with Gasteiger partial charge in [-0.2, -0.15) is 10.1 Å². The monoisotopic (exact) mass is 407 g/mol. The molecule has 1 amide bonds. The number of benzene rings is 1. The predicted octanol–water partition coefficient (Wildman–Crippen LogP) is 2.81. The molecule has 0 radical (unpaired) electrons. The van der Waals surface area contributed by atoms with E-state index >= 15 is 0 Å². The van der Waals surface area contributed by atoms with Gasteiger partial charge in [-0.05, 0) is 37.6 Å². The van der Waals surface area contributed by atoms with Gasteiger partial charge in [-0.3, -0.25) is 4.79 Å². The first kappa shape index (κ1) is 20.1. The first-order valence-corrected chi connectivity index (χ1v) is 8.35. The highest BCUT2D eigenvalue weighted by Crippen LogP contribution is 2.23. The van der Waals surface area contributed by atoms with E-state index in [1.807, 2.05) is 6.07 Å². The summed E-state index contributed by atoms with van der Waals surface area (Å²) >= 11 is 0. The van der Waals surface area contributed by atoms with E-state index < -0.39 is 18.1 Å². The smallest absolute Gasteiger partial charge is 0.493 e. The van der Waals surface area contributed by atoms with Crippen LogP contribution in [0.15, 0.2) is 36.5 Å². The Labute approximate surface area is 163 Å². The molecule has 3 aromatic rings. The maximum absolute atomic E-state index is 12.3. The van der Waals surface area contributed by atoms with Crippen LogP contribution in [0.4, 0.5) is 13.2 Å². The number of hydrogen-bond acceptors (Lipinski definition) is 6. The standard InChI is InChI=1S/C18H16F3N5O3/c1-10-7-11(2)26(25-10)17-23-9-14(16(28)24-17)15(27)22-8-12-3-5-13(6-4-12)29-18(19,20)21/h3-7,9H,8H2,1-2H3,(H,22,27)(H,23,24,28). The van der Waals surface area contributed by atoms with Gasteiger partial charge in [0.1, 0.15) is 11.3 Å². The van der Waals surface area contributed by atoms with Crippen LogP contribution >= 0.6 is 0 Å². The predicted molar refractivity (Wildman–Crippen MR) is 94.6 cm³/mol. The Balaban J connectivity index is 1.66. The number of aryl methyl sites for hydroxylation is 2. The molecule has 0 unspecified atom stereocenters. The third-order valence-corrected chi connectivity index (χ3v) is 3.81. The summed E-state index contributed by atoms with van der Waals surface area (Å²) in [6.45, 7) is 3.61. The zero-order valence-corrected chi connectivity index (χ0v) is 15.4. The average Bonchev–Trinajstić information content (AvgIpc) is 2.97. The highest BCUT2D eigenvalue weighted by molar-refractivity contribution is 5.95. The van der Waals surface area contributed by atoms with Crippen LogP contribution in [0.3, 0.4) is 0 Å². The number of hydrogen-bond donors (Lipinski definition) is 2. The summed E-state index contributed by atoms with van der Waals surface area (Å²) in [5.41, 5.74) is 1.90. The lowest BCUT2D eigenvalue weighted by Gasteiger charge is -2.10. The molecule has 0 bridgehead atoms. The molecular formula is C18H16F3N5O3. The number of rotatable bonds is 5. The molecule has 0 aliphatic heterocycles. The van der Waals surface area contributed by atoms with Crippen LogP contribution in [0.25, 0.3) is 5.95 Å². The molecular weight excluding hydrogens is 391 g/mol. The Hall–Kier alpha value is -3.63. The van der Waals surface area contributed by atoms with E-state index in [1.165, 1.54) is 23.0 Å². The number of halogens is 3. The van der Waals surface area contributed by atoms with Crippen LogP contribution in [0.1, 0.15) is 27.3 Å². The van der Waals surface area contributed by atoms with E-state index in [0.29, 0.717) is 5.56 Å². The van der Waals surface area contributed by atoms with Crippen molar-refractivity contribution in [3.05, 3.63) is 59.0 Å². The minimum absolute atomic E-state index is 0.0176. The number of nitrogens with one attached hydrogen (secondary N) is 1. The minimum atomic E-state index is -4.77. The maximum atomic E-state index is 12.3. The highest BCUT2D eigenvalue weighted by Gasteiger charge is 2.30. The number of ether oxygens (including phenoxy) is 1. The van der Waals surface area contributed by atoms with E-state index in [9.17, 15) is 23.1 Å². The van der Waals surface area contributed by atoms with Crippen molar-refractivity contribution in [3.8, 4) is 17.6 Å². The molecule has 1 aromatic carbocycles. The van der Waals surface area contributed by atoms with Gasteiger partial charge < -0.3 is 15.2 Å². The maximum Gasteiger partial charge on any atom is 0.573 e. The lowest BCUT2D eigenvalue weighted by molar-refractivity contribution is -0.274. The molecule has 0 aliphatic rings. The molecule has 0 aliphatic carbocycles. The number of carbonyl (C=O) groups excluding carboxylic acids is 1. The van der Waals surface area contributed by atoms with E-state index in [4.69, 9.17) is 0 Å². The Morgan fingerprint density at radius 3 is 2.48 bits per heavy atom. The van der Waals surface area contributed by atoms with Gasteiger partial charge in [-0.15, -0.1) is 13.2 Å². The molecule has 0 spiro atoms. The fourth-order valence-electron chi connectivity index (χ4n) is 2.54. The normalized spacial score (nSPS) is 11.3. The summed E-state index contributed by atoms with van der Waals surface area (Å²) < 4.78 is 41.7. The molecule has 2 aromatic heterocycles. The van der Waals surface area contributed by atoms with E-state index in [-0.39, 0.29) is 23.8 Å². The van der Waals surface area contributed by atoms with Crippen molar-refractivity contribution < 1.29 is 27.8 Å². The molecule has 8 nitrogen and oxygen atoms in total. The fourth-order valence-corrected chi connectivity index (χ4v) is 2.54. The fraction of sp³-hybridized carbons (Fsp3) is 0.222. The molecule has 152 valence electrons. The van der Waals surface area contributed by atoms with Crippen molar-refractivity contribution in [2.75, 3.05) is 0 Å². The molecule has 0 atom stereocenters. The second-order valence-electron chi connectivity index (χ2n) is 6.12. The number of alkyl halides is 3. The molecule has 3 rings (SSSR count). The summed E-state index contributed by atoms with van der Waals surface area (Å²) in [6, 6.07) is 6.84. The van der Waals surface area contributed by atoms with Crippen molar-refractivity contribution in [2.24, 2.45) is 0 Å². The Kier molecular flexibility index (Phi) is 5.39. The van der Waals surface area contributed by atoms with Crippen LogP contribution in [-0.4, -0.2) is 37.1 Å². The summed E-state index contributed by atoms with van der Waals surface area (Å²) in [7, 11) is 0. The first-order chi connectivity index (χ1) is 13.6. The Morgan fingerprint density at radius 2 is 1.93 bits per heavy atom. The third kappa shape index (κ3) is 5.00. The van der Waals surface area contributed by atoms with E-state index in [0.717, 1.165) is 23.5 Å². The highest BCUT2D eigenvalue weighted by atomic mass is 19.4. The van der Waals surface area contributed by atoms with E-state index in [2.05, 4.69) is 25.1 Å². The number of carbonyl (C=O) groups is 1. The van der Waals surface area contributed by atoms with Crippen molar-refractivity contribution in [1.82, 2.24) is 25.1 Å². The molecule has 11 heteroatoms. The molecule has 0 fully saturated rings. The minimum Gasteiger partial charge on any atom is -0.493 e. The molecule has 29 heavy (non-hydrogen) atoms.